The maximum Gasteiger partial charge on any atom is 0.250 e. The highest BCUT2D eigenvalue weighted by Gasteiger charge is 2.12. The summed E-state index contributed by atoms with van der Waals surface area (Å²) in [4.78, 5) is 14.0. The molecule has 0 fully saturated rings. The van der Waals surface area contributed by atoms with Crippen LogP contribution >= 0.6 is 11.3 Å². The predicted octanol–water partition coefficient (Wildman–Crippen LogP) is 2.78. The minimum atomic E-state index is -0.452. The molecule has 0 saturated heterocycles. The fraction of sp³-hybridized carbons (Fsp3) is 0.267. The number of nitrogen functional groups attached to an aromatic ring is 1. The van der Waals surface area contributed by atoms with Gasteiger partial charge in [-0.05, 0) is 44.2 Å². The first-order chi connectivity index (χ1) is 9.45. The van der Waals surface area contributed by atoms with Crippen molar-refractivity contribution in [2.24, 2.45) is 5.73 Å². The molecule has 5 N–H and O–H groups in total. The lowest BCUT2D eigenvalue weighted by Gasteiger charge is -2.17. The summed E-state index contributed by atoms with van der Waals surface area (Å²) < 4.78 is 0. The molecule has 2 aromatic rings. The Hall–Kier alpha value is -2.01. The van der Waals surface area contributed by atoms with E-state index in [4.69, 9.17) is 11.5 Å². The first kappa shape index (κ1) is 14.4. The Labute approximate surface area is 122 Å². The van der Waals surface area contributed by atoms with E-state index >= 15 is 0 Å². The van der Waals surface area contributed by atoms with E-state index in [-0.39, 0.29) is 6.04 Å². The Balaban J connectivity index is 2.12. The molecule has 1 amide bonds. The second kappa shape index (κ2) is 5.96. The van der Waals surface area contributed by atoms with Crippen molar-refractivity contribution in [3.63, 3.8) is 0 Å². The number of amides is 1. The van der Waals surface area contributed by atoms with Crippen LogP contribution in [0.3, 0.4) is 0 Å². The average Bonchev–Trinajstić information content (AvgIpc) is 2.74. The topological polar surface area (TPSA) is 81.1 Å². The van der Waals surface area contributed by atoms with Gasteiger partial charge in [-0.1, -0.05) is 0 Å². The van der Waals surface area contributed by atoms with Gasteiger partial charge < -0.3 is 16.8 Å². The summed E-state index contributed by atoms with van der Waals surface area (Å²) in [5.41, 5.74) is 12.9. The number of hydrogen-bond acceptors (Lipinski definition) is 4. The van der Waals surface area contributed by atoms with Crippen LogP contribution in [0.15, 0.2) is 30.3 Å². The number of nitrogens with one attached hydrogen (secondary N) is 1. The number of carbonyl (C=O) groups excluding carboxylic acids is 1. The molecule has 0 spiro atoms. The third kappa shape index (κ3) is 3.51. The van der Waals surface area contributed by atoms with Crippen molar-refractivity contribution < 1.29 is 4.79 Å². The van der Waals surface area contributed by atoms with Gasteiger partial charge in [0.25, 0.3) is 5.91 Å². The van der Waals surface area contributed by atoms with E-state index < -0.39 is 5.91 Å². The first-order valence-corrected chi connectivity index (χ1v) is 7.28. The number of rotatable bonds is 5. The van der Waals surface area contributed by atoms with Crippen LogP contribution in [0.5, 0.6) is 0 Å². The van der Waals surface area contributed by atoms with E-state index in [1.165, 1.54) is 9.75 Å². The molecule has 1 aromatic carbocycles. The summed E-state index contributed by atoms with van der Waals surface area (Å²) in [6.45, 7) is 4.17. The molecule has 0 saturated carbocycles. The summed E-state index contributed by atoms with van der Waals surface area (Å²) in [5, 5.41) is 3.32. The Morgan fingerprint density at radius 1 is 1.35 bits per heavy atom. The van der Waals surface area contributed by atoms with Gasteiger partial charge in [0.1, 0.15) is 0 Å². The number of hydrogen-bond donors (Lipinski definition) is 3. The highest BCUT2D eigenvalue weighted by atomic mass is 32.1. The summed E-state index contributed by atoms with van der Waals surface area (Å²) in [7, 11) is 0. The van der Waals surface area contributed by atoms with Crippen molar-refractivity contribution in [1.29, 1.82) is 0 Å². The van der Waals surface area contributed by atoms with E-state index in [1.807, 2.05) is 0 Å². The van der Waals surface area contributed by atoms with Crippen LogP contribution in [-0.2, 0) is 6.42 Å². The highest BCUT2D eigenvalue weighted by molar-refractivity contribution is 7.11. The maximum atomic E-state index is 11.4. The predicted molar refractivity (Wildman–Crippen MR) is 85.2 cm³/mol. The standard InChI is InChI=1S/C15H19N3OS/c1-9(7-12-5-3-10(2)20-12)18-14-8-11(16)4-6-13(14)15(17)19/h3-6,8-9,18H,7,16H2,1-2H3,(H2,17,19). The van der Waals surface area contributed by atoms with Crippen molar-refractivity contribution in [1.82, 2.24) is 0 Å². The highest BCUT2D eigenvalue weighted by Crippen LogP contribution is 2.22. The van der Waals surface area contributed by atoms with E-state index in [0.29, 0.717) is 16.9 Å². The summed E-state index contributed by atoms with van der Waals surface area (Å²) in [6, 6.07) is 9.51. The monoisotopic (exact) mass is 289 g/mol. The lowest BCUT2D eigenvalue weighted by atomic mass is 10.1. The summed E-state index contributed by atoms with van der Waals surface area (Å²) >= 11 is 1.78. The molecular formula is C15H19N3OS. The SMILES string of the molecule is Cc1ccc(CC(C)Nc2cc(N)ccc2C(N)=O)s1. The van der Waals surface area contributed by atoms with Gasteiger partial charge in [0.2, 0.25) is 0 Å². The minimum absolute atomic E-state index is 0.188. The van der Waals surface area contributed by atoms with Gasteiger partial charge in [0, 0.05) is 33.6 Å². The number of primary amides is 1. The molecule has 1 heterocycles. The molecule has 4 nitrogen and oxygen atoms in total. The average molecular weight is 289 g/mol. The number of aryl methyl sites for hydroxylation is 1. The largest absolute Gasteiger partial charge is 0.399 e. The van der Waals surface area contributed by atoms with Crippen LogP contribution in [0, 0.1) is 6.92 Å². The van der Waals surface area contributed by atoms with Crippen LogP contribution < -0.4 is 16.8 Å². The smallest absolute Gasteiger partial charge is 0.250 e. The first-order valence-electron chi connectivity index (χ1n) is 6.47. The molecule has 0 aliphatic carbocycles. The number of benzene rings is 1. The van der Waals surface area contributed by atoms with Crippen LogP contribution in [-0.4, -0.2) is 11.9 Å². The van der Waals surface area contributed by atoms with Gasteiger partial charge in [-0.15, -0.1) is 11.3 Å². The van der Waals surface area contributed by atoms with Gasteiger partial charge in [-0.3, -0.25) is 4.79 Å². The van der Waals surface area contributed by atoms with Crippen molar-refractivity contribution >= 4 is 28.6 Å². The van der Waals surface area contributed by atoms with E-state index in [9.17, 15) is 4.79 Å². The van der Waals surface area contributed by atoms with Gasteiger partial charge >= 0.3 is 0 Å². The second-order valence-electron chi connectivity index (χ2n) is 4.93. The third-order valence-electron chi connectivity index (χ3n) is 3.01. The van der Waals surface area contributed by atoms with Crippen LogP contribution in [0.25, 0.3) is 0 Å². The van der Waals surface area contributed by atoms with E-state index in [1.54, 1.807) is 29.5 Å². The fourth-order valence-corrected chi connectivity index (χ4v) is 3.13. The minimum Gasteiger partial charge on any atom is -0.399 e. The lowest BCUT2D eigenvalue weighted by Crippen LogP contribution is -2.21. The third-order valence-corrected chi connectivity index (χ3v) is 4.04. The molecule has 1 aromatic heterocycles. The molecular weight excluding hydrogens is 270 g/mol. The summed E-state index contributed by atoms with van der Waals surface area (Å²) in [5.74, 6) is -0.452. The van der Waals surface area contributed by atoms with Crippen LogP contribution in [0.4, 0.5) is 11.4 Å². The second-order valence-corrected chi connectivity index (χ2v) is 6.30. The molecule has 0 bridgehead atoms. The molecule has 2 rings (SSSR count). The summed E-state index contributed by atoms with van der Waals surface area (Å²) in [6.07, 6.45) is 0.894. The number of thiophene rings is 1. The normalized spacial score (nSPS) is 12.1. The molecule has 0 aliphatic rings. The van der Waals surface area contributed by atoms with Crippen molar-refractivity contribution in [2.75, 3.05) is 11.1 Å². The van der Waals surface area contributed by atoms with Crippen molar-refractivity contribution in [2.45, 2.75) is 26.3 Å². The van der Waals surface area contributed by atoms with Gasteiger partial charge in [0.15, 0.2) is 0 Å². The molecule has 5 heteroatoms. The maximum absolute atomic E-state index is 11.4. The molecule has 106 valence electrons. The van der Waals surface area contributed by atoms with Gasteiger partial charge in [-0.2, -0.15) is 0 Å². The van der Waals surface area contributed by atoms with Crippen LogP contribution in [0.2, 0.25) is 0 Å². The zero-order valence-electron chi connectivity index (χ0n) is 11.6. The Kier molecular flexibility index (Phi) is 4.29. The number of nitrogens with two attached hydrogens (primary N) is 2. The Morgan fingerprint density at radius 3 is 2.70 bits per heavy atom. The molecule has 0 aliphatic heterocycles. The number of anilines is 2. The molecule has 1 unspecified atom stereocenters. The number of carbonyl (C=O) groups is 1. The Bertz CT molecular complexity index is 621. The van der Waals surface area contributed by atoms with Crippen LogP contribution in [0.1, 0.15) is 27.0 Å². The zero-order chi connectivity index (χ0) is 14.7. The van der Waals surface area contributed by atoms with Gasteiger partial charge in [0.05, 0.1) is 5.56 Å². The molecule has 1 atom stereocenters. The van der Waals surface area contributed by atoms with Gasteiger partial charge in [-0.25, -0.2) is 0 Å². The molecule has 0 radical (unpaired) electrons. The Morgan fingerprint density at radius 2 is 2.10 bits per heavy atom. The molecule has 20 heavy (non-hydrogen) atoms. The quantitative estimate of drug-likeness (QED) is 0.740. The van der Waals surface area contributed by atoms with E-state index in [2.05, 4.69) is 31.3 Å². The lowest BCUT2D eigenvalue weighted by molar-refractivity contribution is 0.100. The van der Waals surface area contributed by atoms with E-state index in [0.717, 1.165) is 6.42 Å². The van der Waals surface area contributed by atoms with Crippen molar-refractivity contribution in [3.05, 3.63) is 45.6 Å². The van der Waals surface area contributed by atoms with Crippen molar-refractivity contribution in [3.8, 4) is 0 Å². The fourth-order valence-electron chi connectivity index (χ4n) is 2.11. The zero-order valence-corrected chi connectivity index (χ0v) is 12.5.